The van der Waals surface area contributed by atoms with Gasteiger partial charge >= 0.3 is 5.63 Å². The lowest BCUT2D eigenvalue weighted by Gasteiger charge is -2.22. The molecule has 2 aromatic rings. The summed E-state index contributed by atoms with van der Waals surface area (Å²) in [6, 6.07) is 5.28. The number of fused-ring (bicyclic) bond motifs is 3. The van der Waals surface area contributed by atoms with Gasteiger partial charge in [-0.25, -0.2) is 4.79 Å². The second-order valence-corrected chi connectivity index (χ2v) is 5.84. The predicted molar refractivity (Wildman–Crippen MR) is 84.0 cm³/mol. The summed E-state index contributed by atoms with van der Waals surface area (Å²) in [6.07, 6.45) is 1.60. The Balaban J connectivity index is 2.21. The lowest BCUT2D eigenvalue weighted by atomic mass is 9.87. The fraction of sp³-hybridized carbons (Fsp3) is 0.471. The van der Waals surface area contributed by atoms with Crippen molar-refractivity contribution in [3.63, 3.8) is 0 Å². The molecule has 0 saturated heterocycles. The molecule has 5 nitrogen and oxygen atoms in total. The Hall–Kier alpha value is -1.69. The normalized spacial score (nSPS) is 17.2. The maximum atomic E-state index is 12.1. The van der Waals surface area contributed by atoms with Crippen molar-refractivity contribution in [2.45, 2.75) is 37.9 Å². The first-order valence-corrected chi connectivity index (χ1v) is 7.71. The van der Waals surface area contributed by atoms with Crippen LogP contribution in [0.3, 0.4) is 0 Å². The van der Waals surface area contributed by atoms with Gasteiger partial charge < -0.3 is 19.9 Å². The summed E-state index contributed by atoms with van der Waals surface area (Å²) in [5.74, 6) is 0. The van der Waals surface area contributed by atoms with Crippen LogP contribution in [0.1, 0.15) is 35.6 Å². The summed E-state index contributed by atoms with van der Waals surface area (Å²) < 4.78 is 5.43. The molecular weight excluding hydrogens is 282 g/mol. The molecule has 0 bridgehead atoms. The smallest absolute Gasteiger partial charge is 0.339 e. The van der Waals surface area contributed by atoms with Crippen LogP contribution in [0.25, 0.3) is 11.0 Å². The zero-order valence-electron chi connectivity index (χ0n) is 12.6. The van der Waals surface area contributed by atoms with Crippen molar-refractivity contribution in [1.29, 1.82) is 0 Å². The molecule has 5 heteroatoms. The number of aliphatic hydroxyl groups excluding tert-OH is 2. The Morgan fingerprint density at radius 3 is 2.68 bits per heavy atom. The van der Waals surface area contributed by atoms with E-state index in [1.54, 1.807) is 25.2 Å². The SMILES string of the molecule is CNCC(O)C(O)c1cccc2oc(=O)c3c(c12)CCCC3. The minimum atomic E-state index is -1.02. The molecule has 118 valence electrons. The highest BCUT2D eigenvalue weighted by Gasteiger charge is 2.25. The minimum Gasteiger partial charge on any atom is -0.422 e. The summed E-state index contributed by atoms with van der Waals surface area (Å²) in [7, 11) is 1.72. The Morgan fingerprint density at radius 1 is 1.23 bits per heavy atom. The molecule has 1 aliphatic carbocycles. The van der Waals surface area contributed by atoms with Gasteiger partial charge in [0.2, 0.25) is 0 Å². The van der Waals surface area contributed by atoms with E-state index in [2.05, 4.69) is 5.32 Å². The third kappa shape index (κ3) is 2.56. The fourth-order valence-corrected chi connectivity index (χ4v) is 3.30. The van der Waals surface area contributed by atoms with Crippen LogP contribution < -0.4 is 10.9 Å². The van der Waals surface area contributed by atoms with Gasteiger partial charge in [-0.1, -0.05) is 12.1 Å². The van der Waals surface area contributed by atoms with Gasteiger partial charge in [-0.05, 0) is 49.9 Å². The van der Waals surface area contributed by atoms with Crippen molar-refractivity contribution in [1.82, 2.24) is 5.32 Å². The van der Waals surface area contributed by atoms with Crippen LogP contribution in [-0.2, 0) is 12.8 Å². The van der Waals surface area contributed by atoms with Crippen molar-refractivity contribution < 1.29 is 14.6 Å². The van der Waals surface area contributed by atoms with Crippen LogP contribution in [0.2, 0.25) is 0 Å². The van der Waals surface area contributed by atoms with Crippen LogP contribution in [-0.4, -0.2) is 29.9 Å². The first kappa shape index (κ1) is 15.2. The van der Waals surface area contributed by atoms with E-state index in [0.29, 0.717) is 11.1 Å². The largest absolute Gasteiger partial charge is 0.422 e. The van der Waals surface area contributed by atoms with Crippen molar-refractivity contribution in [2.75, 3.05) is 13.6 Å². The Labute approximate surface area is 128 Å². The van der Waals surface area contributed by atoms with Crippen LogP contribution in [0, 0.1) is 0 Å². The van der Waals surface area contributed by atoms with Crippen LogP contribution >= 0.6 is 0 Å². The van der Waals surface area contributed by atoms with Gasteiger partial charge in [0.25, 0.3) is 0 Å². The first-order chi connectivity index (χ1) is 10.6. The highest BCUT2D eigenvalue weighted by atomic mass is 16.4. The van der Waals surface area contributed by atoms with Gasteiger partial charge in [-0.3, -0.25) is 0 Å². The highest BCUT2D eigenvalue weighted by molar-refractivity contribution is 5.85. The topological polar surface area (TPSA) is 82.7 Å². The monoisotopic (exact) mass is 303 g/mol. The lowest BCUT2D eigenvalue weighted by molar-refractivity contribution is 0.0210. The van der Waals surface area contributed by atoms with E-state index in [0.717, 1.165) is 42.2 Å². The van der Waals surface area contributed by atoms with E-state index in [1.807, 2.05) is 0 Å². The average Bonchev–Trinajstić information content (AvgIpc) is 2.54. The molecule has 0 radical (unpaired) electrons. The molecule has 1 aliphatic rings. The quantitative estimate of drug-likeness (QED) is 0.741. The third-order valence-corrected chi connectivity index (χ3v) is 4.37. The number of aryl methyl sites for hydroxylation is 1. The van der Waals surface area contributed by atoms with Gasteiger partial charge in [0.15, 0.2) is 0 Å². The van der Waals surface area contributed by atoms with E-state index < -0.39 is 12.2 Å². The van der Waals surface area contributed by atoms with Gasteiger partial charge in [0.05, 0.1) is 6.10 Å². The first-order valence-electron chi connectivity index (χ1n) is 7.71. The van der Waals surface area contributed by atoms with Crippen LogP contribution in [0.15, 0.2) is 27.4 Å². The fourth-order valence-electron chi connectivity index (χ4n) is 3.30. The predicted octanol–water partition coefficient (Wildman–Crippen LogP) is 1.29. The van der Waals surface area contributed by atoms with E-state index in [9.17, 15) is 15.0 Å². The molecule has 2 atom stereocenters. The Kier molecular flexibility index (Phi) is 4.29. The summed E-state index contributed by atoms with van der Waals surface area (Å²) in [4.78, 5) is 12.1. The Bertz CT molecular complexity index is 737. The molecule has 0 aliphatic heterocycles. The second-order valence-electron chi connectivity index (χ2n) is 5.84. The molecule has 2 unspecified atom stereocenters. The molecule has 1 aromatic carbocycles. The zero-order chi connectivity index (χ0) is 15.7. The van der Waals surface area contributed by atoms with Gasteiger partial charge in [-0.2, -0.15) is 0 Å². The molecule has 22 heavy (non-hydrogen) atoms. The summed E-state index contributed by atoms with van der Waals surface area (Å²) in [5.41, 5.74) is 2.54. The number of aliphatic hydroxyl groups is 2. The number of rotatable bonds is 4. The molecule has 1 aromatic heterocycles. The standard InChI is InChI=1S/C17H21NO4/c1-18-9-13(19)16(20)12-7-4-8-14-15(12)10-5-2-3-6-11(10)17(21)22-14/h4,7-8,13,16,18-20H,2-3,5-6,9H2,1H3. The average molecular weight is 303 g/mol. The van der Waals surface area contributed by atoms with Crippen molar-refractivity contribution in [3.05, 3.63) is 45.3 Å². The van der Waals surface area contributed by atoms with E-state index in [1.165, 1.54) is 0 Å². The van der Waals surface area contributed by atoms with Crippen molar-refractivity contribution in [3.8, 4) is 0 Å². The molecule has 0 amide bonds. The van der Waals surface area contributed by atoms with Crippen molar-refractivity contribution >= 4 is 11.0 Å². The van der Waals surface area contributed by atoms with E-state index >= 15 is 0 Å². The molecular formula is C17H21NO4. The van der Waals surface area contributed by atoms with Gasteiger partial charge in [0.1, 0.15) is 11.7 Å². The van der Waals surface area contributed by atoms with Crippen LogP contribution in [0.4, 0.5) is 0 Å². The molecule has 0 spiro atoms. The number of likely N-dealkylation sites (N-methyl/N-ethyl adjacent to an activating group) is 1. The van der Waals surface area contributed by atoms with Crippen LogP contribution in [0.5, 0.6) is 0 Å². The minimum absolute atomic E-state index is 0.274. The number of hydrogen-bond donors (Lipinski definition) is 3. The maximum absolute atomic E-state index is 12.1. The highest BCUT2D eigenvalue weighted by Crippen LogP contribution is 2.33. The van der Waals surface area contributed by atoms with E-state index in [4.69, 9.17) is 4.42 Å². The molecule has 0 saturated carbocycles. The van der Waals surface area contributed by atoms with Gasteiger partial charge in [-0.15, -0.1) is 0 Å². The third-order valence-electron chi connectivity index (χ3n) is 4.37. The summed E-state index contributed by atoms with van der Waals surface area (Å²) in [6.45, 7) is 0.288. The maximum Gasteiger partial charge on any atom is 0.339 e. The number of hydrogen-bond acceptors (Lipinski definition) is 5. The molecule has 3 rings (SSSR count). The zero-order valence-corrected chi connectivity index (χ0v) is 12.6. The van der Waals surface area contributed by atoms with E-state index in [-0.39, 0.29) is 12.2 Å². The number of benzene rings is 1. The summed E-state index contributed by atoms with van der Waals surface area (Å²) >= 11 is 0. The summed E-state index contributed by atoms with van der Waals surface area (Å²) in [5, 5.41) is 24.2. The van der Waals surface area contributed by atoms with Crippen molar-refractivity contribution in [2.24, 2.45) is 0 Å². The van der Waals surface area contributed by atoms with Gasteiger partial charge in [0, 0.05) is 17.5 Å². The molecule has 0 fully saturated rings. The molecule has 3 N–H and O–H groups in total. The second kappa shape index (κ2) is 6.20. The lowest BCUT2D eigenvalue weighted by Crippen LogP contribution is -2.30. The number of nitrogens with one attached hydrogen (secondary N) is 1. The Morgan fingerprint density at radius 2 is 1.95 bits per heavy atom. The molecule has 1 heterocycles.